The number of nitrogens with one attached hydrogen (secondary N) is 2. The van der Waals surface area contributed by atoms with E-state index >= 15 is 0 Å². The zero-order chi connectivity index (χ0) is 18.2. The van der Waals surface area contributed by atoms with Crippen LogP contribution in [0.4, 0.5) is 10.1 Å². The van der Waals surface area contributed by atoms with Gasteiger partial charge in [-0.05, 0) is 44.9 Å². The van der Waals surface area contributed by atoms with Gasteiger partial charge in [0.25, 0.3) is 0 Å². The largest absolute Gasteiger partial charge is 0.339 e. The first-order chi connectivity index (χ1) is 11.8. The third-order valence-corrected chi connectivity index (χ3v) is 4.37. The Morgan fingerprint density at radius 2 is 1.64 bits per heavy atom. The molecular weight excluding hydrogens is 315 g/mol. The maximum Gasteiger partial charge on any atom is 0.210 e. The number of benzene rings is 2. The highest BCUT2D eigenvalue weighted by Crippen LogP contribution is 2.28. The second-order valence-corrected chi connectivity index (χ2v) is 6.63. The van der Waals surface area contributed by atoms with Crippen molar-refractivity contribution in [2.24, 2.45) is 10.7 Å². The number of halogens is 1. The molecule has 0 saturated heterocycles. The predicted octanol–water partition coefficient (Wildman–Crippen LogP) is 3.91. The smallest absolute Gasteiger partial charge is 0.210 e. The minimum Gasteiger partial charge on any atom is -0.339 e. The summed E-state index contributed by atoms with van der Waals surface area (Å²) in [6, 6.07) is 11.9. The Kier molecular flexibility index (Phi) is 4.35. The highest BCUT2D eigenvalue weighted by atomic mass is 19.1. The summed E-state index contributed by atoms with van der Waals surface area (Å²) >= 11 is 0. The molecule has 2 aromatic rings. The van der Waals surface area contributed by atoms with Crippen LogP contribution in [0.3, 0.4) is 0 Å². The lowest BCUT2D eigenvalue weighted by Crippen LogP contribution is -2.52. The van der Waals surface area contributed by atoms with Gasteiger partial charge in [-0.25, -0.2) is 9.38 Å². The zero-order valence-corrected chi connectivity index (χ0v) is 14.9. The van der Waals surface area contributed by atoms with Gasteiger partial charge in [-0.2, -0.15) is 0 Å². The molecule has 25 heavy (non-hydrogen) atoms. The molecule has 0 fully saturated rings. The molecule has 1 heterocycles. The van der Waals surface area contributed by atoms with E-state index < -0.39 is 11.6 Å². The van der Waals surface area contributed by atoms with Crippen molar-refractivity contribution in [3.8, 4) is 0 Å². The van der Waals surface area contributed by atoms with E-state index in [9.17, 15) is 4.39 Å². The standard InChI is InChI=1S/C20H23FN4/c1-12-5-7-16(14(3)9-12)20(22)23-11-17(21)19(25-20)24-18-8-6-13(2)10-15(18)4/h5-11,24-25H,22H2,1-4H3. The van der Waals surface area contributed by atoms with E-state index in [4.69, 9.17) is 5.73 Å². The molecule has 0 aromatic heterocycles. The summed E-state index contributed by atoms with van der Waals surface area (Å²) in [5.74, 6) is -1.48. The molecule has 0 spiro atoms. The van der Waals surface area contributed by atoms with Crippen LogP contribution in [-0.4, -0.2) is 6.21 Å². The summed E-state index contributed by atoms with van der Waals surface area (Å²) in [5.41, 5.74) is 12.4. The van der Waals surface area contributed by atoms with E-state index in [1.807, 2.05) is 64.1 Å². The van der Waals surface area contributed by atoms with Crippen molar-refractivity contribution >= 4 is 11.9 Å². The molecule has 5 heteroatoms. The van der Waals surface area contributed by atoms with E-state index in [0.717, 1.165) is 33.5 Å². The summed E-state index contributed by atoms with van der Waals surface area (Å²) in [4.78, 5) is 4.20. The molecule has 0 saturated carbocycles. The minimum atomic E-state index is -1.21. The highest BCUT2D eigenvalue weighted by molar-refractivity contribution is 5.80. The van der Waals surface area contributed by atoms with Gasteiger partial charge in [0, 0.05) is 11.3 Å². The Hall–Kier alpha value is -2.66. The second-order valence-electron chi connectivity index (χ2n) is 6.63. The van der Waals surface area contributed by atoms with Crippen molar-refractivity contribution in [2.45, 2.75) is 33.5 Å². The minimum absolute atomic E-state index is 0.212. The first kappa shape index (κ1) is 17.2. The van der Waals surface area contributed by atoms with Crippen molar-refractivity contribution in [1.82, 2.24) is 5.32 Å². The molecule has 0 bridgehead atoms. The maximum atomic E-state index is 14.3. The van der Waals surface area contributed by atoms with Gasteiger partial charge in [-0.1, -0.05) is 41.5 Å². The van der Waals surface area contributed by atoms with Gasteiger partial charge in [-0.15, -0.1) is 0 Å². The van der Waals surface area contributed by atoms with E-state index in [0.29, 0.717) is 0 Å². The van der Waals surface area contributed by atoms with E-state index in [-0.39, 0.29) is 5.82 Å². The molecule has 0 radical (unpaired) electrons. The van der Waals surface area contributed by atoms with Gasteiger partial charge in [-0.3, -0.25) is 5.73 Å². The molecule has 4 nitrogen and oxygen atoms in total. The average molecular weight is 338 g/mol. The topological polar surface area (TPSA) is 62.4 Å². The summed E-state index contributed by atoms with van der Waals surface area (Å²) in [7, 11) is 0. The van der Waals surface area contributed by atoms with Gasteiger partial charge in [0.2, 0.25) is 5.79 Å². The van der Waals surface area contributed by atoms with Crippen LogP contribution in [0.25, 0.3) is 0 Å². The third kappa shape index (κ3) is 3.42. The molecule has 1 aliphatic heterocycles. The fourth-order valence-corrected chi connectivity index (χ4v) is 3.06. The van der Waals surface area contributed by atoms with E-state index in [1.165, 1.54) is 6.21 Å². The van der Waals surface area contributed by atoms with Crippen LogP contribution >= 0.6 is 0 Å². The van der Waals surface area contributed by atoms with E-state index in [1.54, 1.807) is 0 Å². The average Bonchev–Trinajstić information content (AvgIpc) is 2.53. The molecule has 1 atom stereocenters. The number of allylic oxidation sites excluding steroid dienone is 1. The van der Waals surface area contributed by atoms with Crippen molar-refractivity contribution < 1.29 is 4.39 Å². The van der Waals surface area contributed by atoms with Gasteiger partial charge in [0.15, 0.2) is 5.83 Å². The predicted molar refractivity (Wildman–Crippen MR) is 101 cm³/mol. The lowest BCUT2D eigenvalue weighted by atomic mass is 9.99. The zero-order valence-electron chi connectivity index (χ0n) is 14.9. The van der Waals surface area contributed by atoms with Crippen LogP contribution in [0.2, 0.25) is 0 Å². The number of aryl methyl sites for hydroxylation is 4. The Labute approximate surface area is 147 Å². The van der Waals surface area contributed by atoms with Crippen LogP contribution in [-0.2, 0) is 5.79 Å². The van der Waals surface area contributed by atoms with Crippen molar-refractivity contribution in [1.29, 1.82) is 0 Å². The van der Waals surface area contributed by atoms with Crippen LogP contribution in [0.15, 0.2) is 53.0 Å². The first-order valence-corrected chi connectivity index (χ1v) is 8.22. The van der Waals surface area contributed by atoms with Crippen LogP contribution in [0.1, 0.15) is 27.8 Å². The highest BCUT2D eigenvalue weighted by Gasteiger charge is 2.32. The fourth-order valence-electron chi connectivity index (χ4n) is 3.06. The summed E-state index contributed by atoms with van der Waals surface area (Å²) in [6.45, 7) is 7.99. The van der Waals surface area contributed by atoms with Gasteiger partial charge in [0.1, 0.15) is 5.82 Å². The number of aliphatic imine (C=N–C) groups is 1. The number of nitrogens with two attached hydrogens (primary N) is 1. The van der Waals surface area contributed by atoms with Crippen molar-refractivity contribution in [2.75, 3.05) is 5.32 Å². The Balaban J connectivity index is 1.92. The number of anilines is 1. The Morgan fingerprint density at radius 3 is 2.28 bits per heavy atom. The van der Waals surface area contributed by atoms with Crippen LogP contribution in [0.5, 0.6) is 0 Å². The normalized spacial score (nSPS) is 19.8. The Morgan fingerprint density at radius 1 is 1.00 bits per heavy atom. The number of hydrogen-bond acceptors (Lipinski definition) is 4. The summed E-state index contributed by atoms with van der Waals surface area (Å²) in [5, 5.41) is 6.12. The van der Waals surface area contributed by atoms with Gasteiger partial charge >= 0.3 is 0 Å². The lowest BCUT2D eigenvalue weighted by molar-refractivity contribution is 0.385. The number of hydrogen-bond donors (Lipinski definition) is 3. The maximum absolute atomic E-state index is 14.3. The molecule has 2 aromatic carbocycles. The molecule has 1 aliphatic rings. The molecule has 1 unspecified atom stereocenters. The van der Waals surface area contributed by atoms with Crippen molar-refractivity contribution in [3.05, 3.63) is 75.9 Å². The molecule has 3 rings (SSSR count). The Bertz CT molecular complexity index is 885. The number of rotatable bonds is 3. The van der Waals surface area contributed by atoms with Crippen LogP contribution in [0, 0.1) is 27.7 Å². The quantitative estimate of drug-likeness (QED) is 0.795. The summed E-state index contributed by atoms with van der Waals surface area (Å²) < 4.78 is 14.3. The monoisotopic (exact) mass is 338 g/mol. The second kappa shape index (κ2) is 6.33. The van der Waals surface area contributed by atoms with E-state index in [2.05, 4.69) is 15.6 Å². The molecule has 4 N–H and O–H groups in total. The lowest BCUT2D eigenvalue weighted by Gasteiger charge is -2.33. The number of nitrogens with zero attached hydrogens (tertiary/aromatic N) is 1. The van der Waals surface area contributed by atoms with Gasteiger partial charge in [0.05, 0.1) is 6.21 Å². The molecule has 0 aliphatic carbocycles. The SMILES string of the molecule is Cc1ccc(NC2=C(F)C=NC(N)(c3ccc(C)cc3C)N2)c(C)c1. The first-order valence-electron chi connectivity index (χ1n) is 8.22. The van der Waals surface area contributed by atoms with Gasteiger partial charge < -0.3 is 10.6 Å². The third-order valence-electron chi connectivity index (χ3n) is 4.37. The summed E-state index contributed by atoms with van der Waals surface area (Å²) in [6.07, 6.45) is 1.17. The molecule has 130 valence electrons. The van der Waals surface area contributed by atoms with Crippen LogP contribution < -0.4 is 16.4 Å². The molecular formula is C20H23FN4. The fraction of sp³-hybridized carbons (Fsp3) is 0.250. The van der Waals surface area contributed by atoms with Crippen molar-refractivity contribution in [3.63, 3.8) is 0 Å². The molecule has 0 amide bonds.